The summed E-state index contributed by atoms with van der Waals surface area (Å²) in [6.07, 6.45) is 0.463. The zero-order valence-electron chi connectivity index (χ0n) is 19.3. The number of aryl methyl sites for hydroxylation is 1. The third-order valence-corrected chi connectivity index (χ3v) is 6.08. The number of carbonyl (C=O) groups excluding carboxylic acids is 2. The van der Waals surface area contributed by atoms with Gasteiger partial charge < -0.3 is 20.6 Å². The molecular weight excluding hydrogens is 466 g/mol. The van der Waals surface area contributed by atoms with Crippen molar-refractivity contribution in [3.8, 4) is 0 Å². The molecule has 1 heterocycles. The predicted molar refractivity (Wildman–Crippen MR) is 138 cm³/mol. The van der Waals surface area contributed by atoms with Crippen LogP contribution in [0.3, 0.4) is 0 Å². The van der Waals surface area contributed by atoms with Crippen molar-refractivity contribution in [1.82, 2.24) is 0 Å². The molecule has 0 radical (unpaired) electrons. The van der Waals surface area contributed by atoms with Gasteiger partial charge in [0.1, 0.15) is 0 Å². The number of carbonyl (C=O) groups is 3. The summed E-state index contributed by atoms with van der Waals surface area (Å²) in [7, 11) is 1.70. The van der Waals surface area contributed by atoms with Gasteiger partial charge in [-0.25, -0.2) is 0 Å². The van der Waals surface area contributed by atoms with Gasteiger partial charge in [-0.3, -0.25) is 14.4 Å². The normalized spacial score (nSPS) is 13.6. The van der Waals surface area contributed by atoms with Crippen molar-refractivity contribution < 1.29 is 19.5 Å². The summed E-state index contributed by atoms with van der Waals surface area (Å²) in [5, 5.41) is 15.7. The molecule has 35 heavy (non-hydrogen) atoms. The number of nitrogens with zero attached hydrogens (tertiary/aromatic N) is 1. The molecule has 3 aromatic carbocycles. The van der Waals surface area contributed by atoms with Crippen molar-refractivity contribution in [2.24, 2.45) is 0 Å². The average molecular weight is 490 g/mol. The second-order valence-electron chi connectivity index (χ2n) is 8.23. The third kappa shape index (κ3) is 5.36. The molecule has 0 saturated carbocycles. The second kappa shape index (κ2) is 10.0. The van der Waals surface area contributed by atoms with Crippen molar-refractivity contribution in [2.75, 3.05) is 22.6 Å². The zero-order chi connectivity index (χ0) is 25.1. The van der Waals surface area contributed by atoms with Crippen LogP contribution < -0.4 is 15.5 Å². The first-order valence-corrected chi connectivity index (χ1v) is 11.4. The molecule has 0 unspecified atom stereocenters. The molecule has 0 bridgehead atoms. The van der Waals surface area contributed by atoms with E-state index in [2.05, 4.69) is 10.6 Å². The Kier molecular flexibility index (Phi) is 6.89. The number of hydrogen-bond donors (Lipinski definition) is 3. The number of hydrogen-bond acceptors (Lipinski definition) is 4. The fraction of sp³-hybridized carbons (Fsp3) is 0.148. The number of benzene rings is 3. The van der Waals surface area contributed by atoms with Crippen LogP contribution in [0.5, 0.6) is 0 Å². The summed E-state index contributed by atoms with van der Waals surface area (Å²) in [5.74, 6) is -1.18. The number of anilines is 3. The molecule has 1 aliphatic rings. The van der Waals surface area contributed by atoms with Crippen LogP contribution in [0.25, 0.3) is 11.3 Å². The van der Waals surface area contributed by atoms with Gasteiger partial charge in [0.05, 0.1) is 17.0 Å². The summed E-state index contributed by atoms with van der Waals surface area (Å²) in [5.41, 5.74) is 5.57. The van der Waals surface area contributed by atoms with Crippen molar-refractivity contribution >= 4 is 57.7 Å². The maximum atomic E-state index is 13.0. The predicted octanol–water partition coefficient (Wildman–Crippen LogP) is 5.27. The van der Waals surface area contributed by atoms with Crippen molar-refractivity contribution in [2.45, 2.75) is 19.8 Å². The number of rotatable bonds is 7. The highest BCUT2D eigenvalue weighted by molar-refractivity contribution is 6.38. The van der Waals surface area contributed by atoms with Gasteiger partial charge in [-0.1, -0.05) is 41.9 Å². The van der Waals surface area contributed by atoms with Crippen molar-refractivity contribution in [3.05, 3.63) is 88.4 Å². The summed E-state index contributed by atoms with van der Waals surface area (Å²) in [6.45, 7) is 1.50. The molecule has 0 saturated heterocycles. The summed E-state index contributed by atoms with van der Waals surface area (Å²) in [4.78, 5) is 37.2. The number of carboxylic acids is 1. The Balaban J connectivity index is 1.75. The maximum absolute atomic E-state index is 13.0. The molecule has 0 aromatic heterocycles. The van der Waals surface area contributed by atoms with E-state index >= 15 is 0 Å². The lowest BCUT2D eigenvalue weighted by atomic mass is 9.98. The molecule has 3 N–H and O–H groups in total. The van der Waals surface area contributed by atoms with Crippen LogP contribution in [0.2, 0.25) is 5.02 Å². The monoisotopic (exact) mass is 489 g/mol. The van der Waals surface area contributed by atoms with Crippen molar-refractivity contribution in [3.63, 3.8) is 0 Å². The molecule has 0 fully saturated rings. The van der Waals surface area contributed by atoms with Crippen LogP contribution in [0.1, 0.15) is 30.0 Å². The Morgan fingerprint density at radius 3 is 2.34 bits per heavy atom. The molecule has 178 valence electrons. The lowest BCUT2D eigenvalue weighted by Crippen LogP contribution is -2.22. The van der Waals surface area contributed by atoms with Gasteiger partial charge in [0.15, 0.2) is 0 Å². The lowest BCUT2D eigenvalue weighted by Gasteiger charge is -2.18. The van der Waals surface area contributed by atoms with Crippen LogP contribution in [-0.2, 0) is 20.8 Å². The SMILES string of the molecule is CC(=O)N(C)c1ccc(N/C(=C2\C(=O)Nc3cc(Cl)ccc32)c2ccc(CCC(=O)O)cc2)cc1. The van der Waals surface area contributed by atoms with Crippen LogP contribution in [0.15, 0.2) is 66.7 Å². The van der Waals surface area contributed by atoms with Gasteiger partial charge in [-0.05, 0) is 53.9 Å². The minimum Gasteiger partial charge on any atom is -0.481 e. The highest BCUT2D eigenvalue weighted by Gasteiger charge is 2.28. The molecule has 4 rings (SSSR count). The Morgan fingerprint density at radius 1 is 1.03 bits per heavy atom. The highest BCUT2D eigenvalue weighted by Crippen LogP contribution is 2.39. The van der Waals surface area contributed by atoms with Crippen LogP contribution in [0.4, 0.5) is 17.1 Å². The van der Waals surface area contributed by atoms with Gasteiger partial charge in [0.2, 0.25) is 5.91 Å². The molecule has 3 aromatic rings. The number of fused-ring (bicyclic) bond motifs is 1. The average Bonchev–Trinajstić information content (AvgIpc) is 3.16. The molecular formula is C27H24ClN3O4. The zero-order valence-corrected chi connectivity index (χ0v) is 20.0. The summed E-state index contributed by atoms with van der Waals surface area (Å²) >= 11 is 6.12. The minimum atomic E-state index is -0.852. The van der Waals surface area contributed by atoms with E-state index in [9.17, 15) is 14.4 Å². The van der Waals surface area contributed by atoms with E-state index in [1.807, 2.05) is 48.5 Å². The standard InChI is InChI=1S/C27H24ClN3O4/c1-16(32)31(2)21-11-9-20(10-12-21)29-26(18-6-3-17(4-7-18)5-14-24(33)34)25-22-13-8-19(28)15-23(22)30-27(25)35/h3-4,6-13,15,29H,5,14H2,1-2H3,(H,30,35)(H,33,34)/b26-25-. The van der Waals surface area contributed by atoms with Crippen LogP contribution in [-0.4, -0.2) is 29.9 Å². The van der Waals surface area contributed by atoms with Gasteiger partial charge in [-0.15, -0.1) is 0 Å². The number of halogens is 1. The van der Waals surface area contributed by atoms with Gasteiger partial charge in [-0.2, -0.15) is 0 Å². The van der Waals surface area contributed by atoms with E-state index in [-0.39, 0.29) is 18.2 Å². The molecule has 7 nitrogen and oxygen atoms in total. The molecule has 8 heteroatoms. The molecule has 1 aliphatic heterocycles. The maximum Gasteiger partial charge on any atom is 0.303 e. The van der Waals surface area contributed by atoms with Crippen molar-refractivity contribution in [1.29, 1.82) is 0 Å². The molecule has 0 spiro atoms. The minimum absolute atomic E-state index is 0.0448. The third-order valence-electron chi connectivity index (χ3n) is 5.84. The molecule has 0 atom stereocenters. The quantitative estimate of drug-likeness (QED) is 0.392. The Morgan fingerprint density at radius 2 is 1.71 bits per heavy atom. The number of carboxylic acid groups (broad SMARTS) is 1. The first kappa shape index (κ1) is 24.0. The molecule has 2 amide bonds. The Bertz CT molecular complexity index is 1330. The topological polar surface area (TPSA) is 98.7 Å². The second-order valence-corrected chi connectivity index (χ2v) is 8.67. The Hall–Kier alpha value is -4.10. The van der Waals surface area contributed by atoms with E-state index < -0.39 is 5.97 Å². The van der Waals surface area contributed by atoms with E-state index in [0.717, 1.165) is 28.1 Å². The van der Waals surface area contributed by atoms with Gasteiger partial charge in [0.25, 0.3) is 5.91 Å². The van der Waals surface area contributed by atoms with Gasteiger partial charge >= 0.3 is 5.97 Å². The summed E-state index contributed by atoms with van der Waals surface area (Å²) in [6, 6.07) is 20.0. The fourth-order valence-corrected chi connectivity index (χ4v) is 4.03. The highest BCUT2D eigenvalue weighted by atomic mass is 35.5. The van der Waals surface area contributed by atoms with E-state index in [1.54, 1.807) is 30.1 Å². The van der Waals surface area contributed by atoms with E-state index in [4.69, 9.17) is 16.7 Å². The smallest absolute Gasteiger partial charge is 0.303 e. The fourth-order valence-electron chi connectivity index (χ4n) is 3.86. The first-order valence-electron chi connectivity index (χ1n) is 11.0. The molecule has 0 aliphatic carbocycles. The number of aliphatic carboxylic acids is 1. The largest absolute Gasteiger partial charge is 0.481 e. The van der Waals surface area contributed by atoms with Gasteiger partial charge in [0, 0.05) is 42.4 Å². The lowest BCUT2D eigenvalue weighted by molar-refractivity contribution is -0.137. The van der Waals surface area contributed by atoms with Crippen LogP contribution in [0, 0.1) is 0 Å². The number of nitrogens with one attached hydrogen (secondary N) is 2. The van der Waals surface area contributed by atoms with E-state index in [1.165, 1.54) is 6.92 Å². The Labute approximate surface area is 208 Å². The van der Waals surface area contributed by atoms with Crippen LogP contribution >= 0.6 is 11.6 Å². The van der Waals surface area contributed by atoms with E-state index in [0.29, 0.717) is 28.4 Å². The number of amides is 2. The first-order chi connectivity index (χ1) is 16.7. The summed E-state index contributed by atoms with van der Waals surface area (Å²) < 4.78 is 0.